The smallest absolute Gasteiger partial charge is 0.264 e. The zero-order valence-electron chi connectivity index (χ0n) is 18.3. The van der Waals surface area contributed by atoms with Crippen LogP contribution in [0.25, 0.3) is 0 Å². The van der Waals surface area contributed by atoms with E-state index in [0.29, 0.717) is 12.2 Å². The van der Waals surface area contributed by atoms with E-state index in [1.165, 1.54) is 4.31 Å². The van der Waals surface area contributed by atoms with Gasteiger partial charge in [0.05, 0.1) is 10.6 Å². The first kappa shape index (κ1) is 23.2. The molecule has 3 rings (SSSR count). The molecule has 7 nitrogen and oxygen atoms in total. The fourth-order valence-corrected chi connectivity index (χ4v) is 5.04. The number of hydrogen-bond donors (Lipinski definition) is 1. The normalized spacial score (nSPS) is 15.5. The topological polar surface area (TPSA) is 73.0 Å². The molecule has 31 heavy (non-hydrogen) atoms. The molecule has 0 aromatic heterocycles. The molecule has 0 bridgehead atoms. The molecular formula is C23H32N4O3S. The first-order valence-electron chi connectivity index (χ1n) is 10.7. The minimum Gasteiger partial charge on any atom is -0.354 e. The van der Waals surface area contributed by atoms with Gasteiger partial charge in [-0.3, -0.25) is 9.10 Å². The summed E-state index contributed by atoms with van der Waals surface area (Å²) in [6, 6.07) is 15.4. The molecule has 8 heteroatoms. The van der Waals surface area contributed by atoms with Gasteiger partial charge in [-0.05, 0) is 56.8 Å². The summed E-state index contributed by atoms with van der Waals surface area (Å²) in [4.78, 5) is 17.5. The molecule has 0 atom stereocenters. The fourth-order valence-electron chi connectivity index (χ4n) is 3.61. The second-order valence-electron chi connectivity index (χ2n) is 8.01. The predicted molar refractivity (Wildman–Crippen MR) is 124 cm³/mol. The Morgan fingerprint density at radius 1 is 1.03 bits per heavy atom. The third-order valence-corrected chi connectivity index (χ3v) is 7.27. The number of amides is 1. The number of carbonyl (C=O) groups is 1. The molecule has 1 N–H and O–H groups in total. The van der Waals surface area contributed by atoms with Crippen LogP contribution >= 0.6 is 0 Å². The Morgan fingerprint density at radius 3 is 2.42 bits per heavy atom. The first-order chi connectivity index (χ1) is 14.9. The van der Waals surface area contributed by atoms with E-state index in [1.807, 2.05) is 13.0 Å². The zero-order chi connectivity index (χ0) is 22.3. The molecule has 1 aliphatic rings. The van der Waals surface area contributed by atoms with Crippen LogP contribution in [0, 0.1) is 6.92 Å². The number of nitrogens with zero attached hydrogens (tertiary/aromatic N) is 3. The Morgan fingerprint density at radius 2 is 1.74 bits per heavy atom. The van der Waals surface area contributed by atoms with Gasteiger partial charge in [0.1, 0.15) is 6.54 Å². The van der Waals surface area contributed by atoms with Crippen molar-refractivity contribution in [2.45, 2.75) is 18.2 Å². The van der Waals surface area contributed by atoms with Crippen molar-refractivity contribution in [3.8, 4) is 0 Å². The van der Waals surface area contributed by atoms with Crippen LogP contribution < -0.4 is 9.62 Å². The van der Waals surface area contributed by atoms with Crippen LogP contribution in [-0.2, 0) is 14.8 Å². The van der Waals surface area contributed by atoms with E-state index in [2.05, 4.69) is 22.2 Å². The third kappa shape index (κ3) is 6.53. The van der Waals surface area contributed by atoms with E-state index in [9.17, 15) is 13.2 Å². The molecule has 2 aromatic rings. The largest absolute Gasteiger partial charge is 0.354 e. The number of anilines is 1. The molecule has 0 spiro atoms. The monoisotopic (exact) mass is 444 g/mol. The predicted octanol–water partition coefficient (Wildman–Crippen LogP) is 1.94. The van der Waals surface area contributed by atoms with Gasteiger partial charge < -0.3 is 15.1 Å². The van der Waals surface area contributed by atoms with Crippen LogP contribution in [-0.4, -0.2) is 77.0 Å². The molecule has 1 amide bonds. The van der Waals surface area contributed by atoms with E-state index >= 15 is 0 Å². The third-order valence-electron chi connectivity index (χ3n) is 5.48. The minimum atomic E-state index is -3.86. The molecule has 0 saturated carbocycles. The minimum absolute atomic E-state index is 0.166. The van der Waals surface area contributed by atoms with Crippen molar-refractivity contribution in [1.82, 2.24) is 15.1 Å². The van der Waals surface area contributed by atoms with Gasteiger partial charge in [0, 0.05) is 32.7 Å². The van der Waals surface area contributed by atoms with Crippen LogP contribution in [0.5, 0.6) is 0 Å². The SMILES string of the molecule is Cc1cccc(N(CC(=O)NCCCN2CCN(C)CC2)S(=O)(=O)c2ccccc2)c1. The molecule has 2 aromatic carbocycles. The molecule has 0 radical (unpaired) electrons. The van der Waals surface area contributed by atoms with Gasteiger partial charge in [0.25, 0.3) is 10.0 Å². The highest BCUT2D eigenvalue weighted by molar-refractivity contribution is 7.92. The van der Waals surface area contributed by atoms with Crippen molar-refractivity contribution < 1.29 is 13.2 Å². The van der Waals surface area contributed by atoms with Crippen molar-refractivity contribution in [2.75, 3.05) is 57.2 Å². The van der Waals surface area contributed by atoms with Crippen LogP contribution in [0.2, 0.25) is 0 Å². The molecule has 168 valence electrons. The Hall–Kier alpha value is -2.42. The summed E-state index contributed by atoms with van der Waals surface area (Å²) in [6.45, 7) is 7.31. The van der Waals surface area contributed by atoms with Crippen molar-refractivity contribution in [1.29, 1.82) is 0 Å². The highest BCUT2D eigenvalue weighted by Gasteiger charge is 2.27. The quantitative estimate of drug-likeness (QED) is 0.599. The summed E-state index contributed by atoms with van der Waals surface area (Å²) in [5.41, 5.74) is 1.41. The molecule has 1 saturated heterocycles. The maximum absolute atomic E-state index is 13.3. The number of benzene rings is 2. The maximum atomic E-state index is 13.3. The Kier molecular flexibility index (Phi) is 8.06. The molecule has 1 aliphatic heterocycles. The molecule has 0 unspecified atom stereocenters. The fraction of sp³-hybridized carbons (Fsp3) is 0.435. The standard InChI is InChI=1S/C23H32N4O3S/c1-20-8-6-9-21(18-20)27(31(29,30)22-10-4-3-5-11-22)19-23(28)24-12-7-13-26-16-14-25(2)15-17-26/h3-6,8-11,18H,7,12-17,19H2,1-2H3,(H,24,28). The van der Waals surface area contributed by atoms with E-state index in [0.717, 1.165) is 44.7 Å². The lowest BCUT2D eigenvalue weighted by Crippen LogP contribution is -2.45. The summed E-state index contributed by atoms with van der Waals surface area (Å²) in [6.07, 6.45) is 0.839. The maximum Gasteiger partial charge on any atom is 0.264 e. The number of carbonyl (C=O) groups excluding carboxylic acids is 1. The summed E-state index contributed by atoms with van der Waals surface area (Å²) in [7, 11) is -1.73. The van der Waals surface area contributed by atoms with Gasteiger partial charge in [0.15, 0.2) is 0 Å². The average molecular weight is 445 g/mol. The van der Waals surface area contributed by atoms with Crippen molar-refractivity contribution in [3.05, 3.63) is 60.2 Å². The van der Waals surface area contributed by atoms with Crippen LogP contribution in [0.4, 0.5) is 5.69 Å². The van der Waals surface area contributed by atoms with E-state index < -0.39 is 10.0 Å². The molecule has 1 fully saturated rings. The van der Waals surface area contributed by atoms with Gasteiger partial charge in [-0.2, -0.15) is 0 Å². The molecular weight excluding hydrogens is 412 g/mol. The number of piperazine rings is 1. The van der Waals surface area contributed by atoms with Crippen molar-refractivity contribution in [2.24, 2.45) is 0 Å². The average Bonchev–Trinajstić information content (AvgIpc) is 2.77. The Balaban J connectivity index is 1.63. The number of aryl methyl sites for hydroxylation is 1. The van der Waals surface area contributed by atoms with Crippen LogP contribution in [0.1, 0.15) is 12.0 Å². The van der Waals surface area contributed by atoms with Crippen molar-refractivity contribution in [3.63, 3.8) is 0 Å². The summed E-state index contributed by atoms with van der Waals surface area (Å²) >= 11 is 0. The van der Waals surface area contributed by atoms with Gasteiger partial charge in [0.2, 0.25) is 5.91 Å². The Labute approximate surface area is 185 Å². The summed E-state index contributed by atoms with van der Waals surface area (Å²) in [5, 5.41) is 2.89. The van der Waals surface area contributed by atoms with Gasteiger partial charge in [-0.15, -0.1) is 0 Å². The Bertz CT molecular complexity index is 958. The van der Waals surface area contributed by atoms with Crippen LogP contribution in [0.3, 0.4) is 0 Å². The number of hydrogen-bond acceptors (Lipinski definition) is 5. The number of likely N-dealkylation sites (N-methyl/N-ethyl adjacent to an activating group) is 1. The van der Waals surface area contributed by atoms with Crippen LogP contribution in [0.15, 0.2) is 59.5 Å². The number of sulfonamides is 1. The second-order valence-corrected chi connectivity index (χ2v) is 9.87. The molecule has 1 heterocycles. The first-order valence-corrected chi connectivity index (χ1v) is 12.1. The molecule has 0 aliphatic carbocycles. The highest BCUT2D eigenvalue weighted by atomic mass is 32.2. The lowest BCUT2D eigenvalue weighted by molar-refractivity contribution is -0.119. The van der Waals surface area contributed by atoms with E-state index in [-0.39, 0.29) is 17.3 Å². The van der Waals surface area contributed by atoms with E-state index in [1.54, 1.807) is 48.5 Å². The zero-order valence-corrected chi connectivity index (χ0v) is 19.1. The lowest BCUT2D eigenvalue weighted by Gasteiger charge is -2.32. The van der Waals surface area contributed by atoms with Crippen molar-refractivity contribution >= 4 is 21.6 Å². The van der Waals surface area contributed by atoms with Gasteiger partial charge in [-0.1, -0.05) is 30.3 Å². The summed E-state index contributed by atoms with van der Waals surface area (Å²) < 4.78 is 27.7. The number of nitrogens with one attached hydrogen (secondary N) is 1. The highest BCUT2D eigenvalue weighted by Crippen LogP contribution is 2.24. The summed E-state index contributed by atoms with van der Waals surface area (Å²) in [5.74, 6) is -0.306. The lowest BCUT2D eigenvalue weighted by atomic mass is 10.2. The number of rotatable bonds is 9. The van der Waals surface area contributed by atoms with Gasteiger partial charge in [-0.25, -0.2) is 8.42 Å². The van der Waals surface area contributed by atoms with Gasteiger partial charge >= 0.3 is 0 Å². The van der Waals surface area contributed by atoms with E-state index in [4.69, 9.17) is 0 Å². The second kappa shape index (κ2) is 10.7.